The van der Waals surface area contributed by atoms with Gasteiger partial charge in [0, 0.05) is 76.4 Å². The molecule has 0 spiro atoms. The van der Waals surface area contributed by atoms with E-state index in [0.717, 1.165) is 34.1 Å². The molecule has 21 aromatic rings. The number of fused-ring (bicyclic) bond motifs is 11. The van der Waals surface area contributed by atoms with Gasteiger partial charge in [0.1, 0.15) is 0 Å². The summed E-state index contributed by atoms with van der Waals surface area (Å²) in [5.41, 5.74) is 28.6. The maximum Gasteiger partial charge on any atom is 0.0727 e. The molecule has 518 valence electrons. The number of hydrogen-bond donors (Lipinski definition) is 0. The van der Waals surface area contributed by atoms with Crippen LogP contribution in [0.2, 0.25) is 0 Å². The number of benzene rings is 17. The lowest BCUT2D eigenvalue weighted by atomic mass is 10.0. The lowest BCUT2D eigenvalue weighted by Gasteiger charge is -2.26. The minimum Gasteiger partial charge on any atom is -0.311 e. The van der Waals surface area contributed by atoms with Crippen LogP contribution in [0.5, 0.6) is 0 Å². The van der Waals surface area contributed by atoms with Gasteiger partial charge in [0.25, 0.3) is 0 Å². The molecule has 0 aliphatic rings. The third-order valence-electron chi connectivity index (χ3n) is 21.4. The molecule has 17 aromatic carbocycles. The molecule has 21 rings (SSSR count). The molecular weight excluding hydrogens is 1370 g/mol. The van der Waals surface area contributed by atoms with Crippen LogP contribution in [-0.2, 0) is 0 Å². The number of rotatable bonds is 14. The molecule has 0 saturated heterocycles. The highest BCUT2D eigenvalue weighted by molar-refractivity contribution is 7.27. The second kappa shape index (κ2) is 28.4. The quantitative estimate of drug-likeness (QED) is 0.108. The van der Waals surface area contributed by atoms with Crippen LogP contribution < -0.4 is 9.80 Å². The Kier molecular flexibility index (Phi) is 17.0. The van der Waals surface area contributed by atoms with Gasteiger partial charge in [0.2, 0.25) is 0 Å². The summed E-state index contributed by atoms with van der Waals surface area (Å²) >= 11 is 3.80. The van der Waals surface area contributed by atoms with Gasteiger partial charge in [0.15, 0.2) is 0 Å². The Labute approximate surface area is 647 Å². The van der Waals surface area contributed by atoms with E-state index < -0.39 is 0 Å². The summed E-state index contributed by atoms with van der Waals surface area (Å²) < 4.78 is 10.1. The summed E-state index contributed by atoms with van der Waals surface area (Å²) in [6, 6.07) is 153. The number of aromatic nitrogens is 2. The molecule has 0 amide bonds. The lowest BCUT2D eigenvalue weighted by Crippen LogP contribution is -2.09. The van der Waals surface area contributed by atoms with E-state index in [0.29, 0.717) is 0 Å². The Morgan fingerprint density at radius 2 is 0.455 bits per heavy atom. The second-order valence-corrected chi connectivity index (χ2v) is 30.0. The average molecular weight is 1440 g/mol. The molecule has 0 aliphatic heterocycles. The highest BCUT2D eigenvalue weighted by Gasteiger charge is 2.24. The topological polar surface area (TPSA) is 16.3 Å². The van der Waals surface area contributed by atoms with Crippen molar-refractivity contribution in [3.05, 3.63) is 425 Å². The van der Waals surface area contributed by atoms with Crippen LogP contribution in [0.15, 0.2) is 425 Å². The third kappa shape index (κ3) is 12.1. The van der Waals surface area contributed by atoms with Crippen molar-refractivity contribution in [1.82, 2.24) is 9.13 Å². The van der Waals surface area contributed by atoms with E-state index in [2.05, 4.69) is 444 Å². The SMILES string of the molecule is c1ccc(-c2ccc(N(c3ccc(-c4ccc5ccccc5c4)cc3)c3ccc(-c4cccc5c4sc4c6ccccc6n(-c6ccccc6)c54)cc3)cc2)cc1.c1ccc(-c2ccc(N(c3ccc(-c4ccccc4)cc3)c3ccc(-c4cccc5c4sc4c6ccccc6n(-c6ccccc6)c54)cc3)cc2)cc1. The van der Waals surface area contributed by atoms with Crippen molar-refractivity contribution >= 4 is 130 Å². The van der Waals surface area contributed by atoms with Crippen LogP contribution in [0.25, 0.3) is 151 Å². The Morgan fingerprint density at radius 1 is 0.182 bits per heavy atom. The van der Waals surface area contributed by atoms with Crippen LogP contribution in [0.3, 0.4) is 0 Å². The van der Waals surface area contributed by atoms with Crippen molar-refractivity contribution in [2.75, 3.05) is 9.80 Å². The van der Waals surface area contributed by atoms with Crippen molar-refractivity contribution in [2.45, 2.75) is 0 Å². The van der Waals surface area contributed by atoms with E-state index >= 15 is 0 Å². The standard InChI is InChI=1S/C54H36N2S.C50H34N2S/c1-3-12-37(13-4-1)39-24-30-45(31-25-39)55(46-32-26-40(27-33-46)43-23-22-38-14-7-8-15-42(38)36-43)47-34-28-41(29-35-47)48-19-11-20-50-52-54(57-53(48)50)49-18-9-10-21-51(49)56(52)44-16-5-2-6-17-44;1-4-13-35(14-5-1)37-23-29-41(30-24-37)51(42-31-25-38(26-32-42)36-15-6-2-7-16-36)43-33-27-39(28-34-43)44-20-12-21-46-48-50(53-49(44)46)45-19-10-11-22-47(45)52(48)40-17-8-3-9-18-40/h1-36H;1-34H. The molecule has 0 atom stereocenters. The molecule has 4 heterocycles. The molecule has 0 N–H and O–H groups in total. The summed E-state index contributed by atoms with van der Waals surface area (Å²) in [7, 11) is 0. The van der Waals surface area contributed by atoms with Gasteiger partial charge >= 0.3 is 0 Å². The van der Waals surface area contributed by atoms with Gasteiger partial charge in [-0.3, -0.25) is 0 Å². The first-order valence-electron chi connectivity index (χ1n) is 37.4. The number of anilines is 6. The monoisotopic (exact) mass is 1440 g/mol. The van der Waals surface area contributed by atoms with Crippen molar-refractivity contribution < 1.29 is 0 Å². The van der Waals surface area contributed by atoms with Gasteiger partial charge < -0.3 is 18.9 Å². The first-order valence-corrected chi connectivity index (χ1v) is 39.1. The molecule has 6 heteroatoms. The maximum atomic E-state index is 2.43. The van der Waals surface area contributed by atoms with Gasteiger partial charge in [-0.15, -0.1) is 22.7 Å². The van der Waals surface area contributed by atoms with Crippen LogP contribution in [0.1, 0.15) is 0 Å². The first-order chi connectivity index (χ1) is 54.6. The second-order valence-electron chi connectivity index (χ2n) is 27.9. The van der Waals surface area contributed by atoms with Crippen LogP contribution in [-0.4, -0.2) is 9.13 Å². The summed E-state index contributed by atoms with van der Waals surface area (Å²) in [5, 5.41) is 7.65. The first kappa shape index (κ1) is 65.6. The van der Waals surface area contributed by atoms with Crippen molar-refractivity contribution in [1.29, 1.82) is 0 Å². The normalized spacial score (nSPS) is 11.5. The van der Waals surface area contributed by atoms with Crippen LogP contribution >= 0.6 is 22.7 Å². The van der Waals surface area contributed by atoms with E-state index in [9.17, 15) is 0 Å². The smallest absolute Gasteiger partial charge is 0.0727 e. The number of para-hydroxylation sites is 4. The van der Waals surface area contributed by atoms with E-state index in [1.807, 2.05) is 22.7 Å². The molecule has 0 fully saturated rings. The summed E-state index contributed by atoms with van der Waals surface area (Å²) in [6.07, 6.45) is 0. The molecule has 0 bridgehead atoms. The van der Waals surface area contributed by atoms with E-state index in [1.165, 1.54) is 151 Å². The zero-order chi connectivity index (χ0) is 72.9. The summed E-state index contributed by atoms with van der Waals surface area (Å²) in [4.78, 5) is 4.71. The molecule has 0 unspecified atom stereocenters. The van der Waals surface area contributed by atoms with E-state index in [-0.39, 0.29) is 0 Å². The van der Waals surface area contributed by atoms with Crippen LogP contribution in [0, 0.1) is 0 Å². The molecule has 4 nitrogen and oxygen atoms in total. The molecule has 110 heavy (non-hydrogen) atoms. The predicted octanol–water partition coefficient (Wildman–Crippen LogP) is 30.1. The van der Waals surface area contributed by atoms with Crippen molar-refractivity contribution in [3.8, 4) is 78.1 Å². The summed E-state index contributed by atoms with van der Waals surface area (Å²) in [6.45, 7) is 0. The van der Waals surface area contributed by atoms with Crippen molar-refractivity contribution in [2.24, 2.45) is 0 Å². The third-order valence-corrected chi connectivity index (χ3v) is 23.9. The Bertz CT molecular complexity index is 6790. The molecule has 0 saturated carbocycles. The van der Waals surface area contributed by atoms with Gasteiger partial charge in [-0.1, -0.05) is 309 Å². The maximum absolute atomic E-state index is 2.43. The fourth-order valence-corrected chi connectivity index (χ4v) is 18.8. The number of nitrogens with zero attached hydrogens (tertiary/aromatic N) is 4. The van der Waals surface area contributed by atoms with Crippen molar-refractivity contribution in [3.63, 3.8) is 0 Å². The van der Waals surface area contributed by atoms with Gasteiger partial charge in [-0.2, -0.15) is 0 Å². The summed E-state index contributed by atoms with van der Waals surface area (Å²) in [5.74, 6) is 0. The minimum atomic E-state index is 1.11. The lowest BCUT2D eigenvalue weighted by molar-refractivity contribution is 1.19. The zero-order valence-electron chi connectivity index (χ0n) is 60.0. The average Bonchev–Trinajstić information content (AvgIpc) is 1.56. The van der Waals surface area contributed by atoms with Gasteiger partial charge in [-0.05, 0) is 193 Å². The Hall–Kier alpha value is -13.9. The zero-order valence-corrected chi connectivity index (χ0v) is 61.7. The fourth-order valence-electron chi connectivity index (χ4n) is 16.1. The number of hydrogen-bond acceptors (Lipinski definition) is 4. The Morgan fingerprint density at radius 3 is 0.818 bits per heavy atom. The highest BCUT2D eigenvalue weighted by Crippen LogP contribution is 2.49. The predicted molar refractivity (Wildman–Crippen MR) is 472 cm³/mol. The molecular formula is C104H70N4S2. The largest absolute Gasteiger partial charge is 0.311 e. The number of thiophene rings is 2. The molecule has 4 aromatic heterocycles. The Balaban J connectivity index is 0.000000144. The fraction of sp³-hybridized carbons (Fsp3) is 0. The van der Waals surface area contributed by atoms with E-state index in [1.54, 1.807) is 0 Å². The minimum absolute atomic E-state index is 1.11. The molecule has 0 aliphatic carbocycles. The van der Waals surface area contributed by atoms with Crippen LogP contribution in [0.4, 0.5) is 34.1 Å². The van der Waals surface area contributed by atoms with E-state index in [4.69, 9.17) is 0 Å². The van der Waals surface area contributed by atoms with Gasteiger partial charge in [0.05, 0.1) is 31.5 Å². The molecule has 0 radical (unpaired) electrons. The van der Waals surface area contributed by atoms with Gasteiger partial charge in [-0.25, -0.2) is 0 Å². The highest BCUT2D eigenvalue weighted by atomic mass is 32.1.